The highest BCUT2D eigenvalue weighted by molar-refractivity contribution is 6.67. The topological polar surface area (TPSA) is 33.1 Å². The van der Waals surface area contributed by atoms with Crippen molar-refractivity contribution in [1.82, 2.24) is 4.98 Å². The molecule has 5 heteroatoms. The van der Waals surface area contributed by atoms with E-state index in [0.29, 0.717) is 5.56 Å². The van der Waals surface area contributed by atoms with Gasteiger partial charge >= 0.3 is 0 Å². The first-order chi connectivity index (χ1) is 5.52. The number of pyridine rings is 1. The molecule has 0 aliphatic heterocycles. The summed E-state index contributed by atoms with van der Waals surface area (Å²) in [6.07, 6.45) is 1.93. The first kappa shape index (κ1) is 10.1. The molecule has 1 heterocycles. The molecule has 1 rings (SSSR count). The molecule has 12 heavy (non-hydrogen) atoms. The summed E-state index contributed by atoms with van der Waals surface area (Å²) >= 11 is 16.4. The molecule has 0 aromatic carbocycles. The summed E-state index contributed by atoms with van der Waals surface area (Å²) in [5.74, 6) is 0. The van der Waals surface area contributed by atoms with E-state index in [0.717, 1.165) is 0 Å². The van der Waals surface area contributed by atoms with Crippen molar-refractivity contribution in [3.8, 4) is 0 Å². The van der Waals surface area contributed by atoms with E-state index in [9.17, 15) is 5.11 Å². The largest absolute Gasteiger partial charge is 0.384 e. The monoisotopic (exact) mass is 225 g/mol. The van der Waals surface area contributed by atoms with Gasteiger partial charge in [-0.05, 0) is 17.7 Å². The number of hydrogen-bond acceptors (Lipinski definition) is 2. The lowest BCUT2D eigenvalue weighted by Crippen LogP contribution is -2.16. The average Bonchev–Trinajstić information content (AvgIpc) is 2.03. The minimum absolute atomic E-state index is 0.532. The van der Waals surface area contributed by atoms with E-state index in [1.807, 2.05) is 0 Å². The molecule has 1 aromatic rings. The van der Waals surface area contributed by atoms with Crippen LogP contribution in [-0.2, 0) is 0 Å². The summed E-state index contributed by atoms with van der Waals surface area (Å²) in [4.78, 5) is 3.77. The van der Waals surface area contributed by atoms with Crippen molar-refractivity contribution < 1.29 is 5.11 Å². The zero-order valence-corrected chi connectivity index (χ0v) is 8.18. The van der Waals surface area contributed by atoms with Crippen LogP contribution >= 0.6 is 34.8 Å². The van der Waals surface area contributed by atoms with Crippen molar-refractivity contribution in [1.29, 1.82) is 0 Å². The van der Waals surface area contributed by atoms with E-state index in [1.165, 1.54) is 12.4 Å². The number of hydrogen-bond donors (Lipinski definition) is 1. The van der Waals surface area contributed by atoms with E-state index >= 15 is 0 Å². The maximum atomic E-state index is 9.43. The molecule has 0 saturated heterocycles. The first-order valence-electron chi connectivity index (χ1n) is 3.16. The number of rotatable bonds is 1. The van der Waals surface area contributed by atoms with Crippen LogP contribution in [0.5, 0.6) is 0 Å². The fourth-order valence-corrected chi connectivity index (χ4v) is 1.11. The zero-order valence-electron chi connectivity index (χ0n) is 5.92. The second-order valence-corrected chi connectivity index (χ2v) is 4.59. The molecule has 1 unspecified atom stereocenters. The van der Waals surface area contributed by atoms with Gasteiger partial charge in [0.2, 0.25) is 3.79 Å². The Hall–Kier alpha value is -0.0200. The number of aliphatic hydroxyl groups is 1. The average molecular weight is 226 g/mol. The lowest BCUT2D eigenvalue weighted by molar-refractivity contribution is 0.182. The Kier molecular flexibility index (Phi) is 3.18. The molecule has 0 aliphatic carbocycles. The third-order valence-electron chi connectivity index (χ3n) is 1.33. The van der Waals surface area contributed by atoms with Crippen LogP contribution in [0.2, 0.25) is 0 Å². The van der Waals surface area contributed by atoms with Gasteiger partial charge in [-0.2, -0.15) is 0 Å². The van der Waals surface area contributed by atoms with Gasteiger partial charge in [0.25, 0.3) is 0 Å². The predicted octanol–water partition coefficient (Wildman–Crippen LogP) is 2.49. The Morgan fingerprint density at radius 2 is 1.75 bits per heavy atom. The van der Waals surface area contributed by atoms with Crippen molar-refractivity contribution in [2.75, 3.05) is 0 Å². The summed E-state index contributed by atoms with van der Waals surface area (Å²) in [5.41, 5.74) is 0.532. The second kappa shape index (κ2) is 3.79. The number of alkyl halides is 3. The van der Waals surface area contributed by atoms with Gasteiger partial charge < -0.3 is 5.11 Å². The summed E-state index contributed by atoms with van der Waals surface area (Å²) in [5, 5.41) is 9.43. The van der Waals surface area contributed by atoms with Crippen LogP contribution in [0.3, 0.4) is 0 Å². The third kappa shape index (κ3) is 2.49. The van der Waals surface area contributed by atoms with Crippen LogP contribution in [0.4, 0.5) is 0 Å². The number of aromatic nitrogens is 1. The molecule has 0 aliphatic rings. The van der Waals surface area contributed by atoms with E-state index in [-0.39, 0.29) is 0 Å². The minimum atomic E-state index is -1.69. The maximum absolute atomic E-state index is 9.43. The Balaban J connectivity index is 2.86. The lowest BCUT2D eigenvalue weighted by Gasteiger charge is -2.18. The van der Waals surface area contributed by atoms with E-state index < -0.39 is 9.90 Å². The molecule has 0 fully saturated rings. The van der Waals surface area contributed by atoms with Crippen LogP contribution in [0.15, 0.2) is 24.5 Å². The normalized spacial score (nSPS) is 14.3. The van der Waals surface area contributed by atoms with E-state index in [1.54, 1.807) is 12.1 Å². The predicted molar refractivity (Wildman–Crippen MR) is 49.5 cm³/mol. The lowest BCUT2D eigenvalue weighted by atomic mass is 10.2. The van der Waals surface area contributed by atoms with Gasteiger partial charge in [0, 0.05) is 12.4 Å². The van der Waals surface area contributed by atoms with Gasteiger partial charge in [-0.15, -0.1) is 0 Å². The van der Waals surface area contributed by atoms with Crippen LogP contribution < -0.4 is 0 Å². The fraction of sp³-hybridized carbons (Fsp3) is 0.286. The highest BCUT2D eigenvalue weighted by Crippen LogP contribution is 2.39. The van der Waals surface area contributed by atoms with Crippen molar-refractivity contribution in [3.05, 3.63) is 30.1 Å². The molecule has 1 N–H and O–H groups in total. The van der Waals surface area contributed by atoms with Crippen LogP contribution in [0.25, 0.3) is 0 Å². The highest BCUT2D eigenvalue weighted by atomic mass is 35.6. The number of halogens is 3. The van der Waals surface area contributed by atoms with Crippen molar-refractivity contribution >= 4 is 34.8 Å². The molecule has 2 nitrogen and oxygen atoms in total. The van der Waals surface area contributed by atoms with Crippen LogP contribution in [0, 0.1) is 0 Å². The molecule has 0 saturated carbocycles. The molecule has 0 spiro atoms. The van der Waals surface area contributed by atoms with Gasteiger partial charge in [-0.25, -0.2) is 0 Å². The molecular weight excluding hydrogens is 220 g/mol. The molecule has 0 amide bonds. The van der Waals surface area contributed by atoms with Gasteiger partial charge in [-0.3, -0.25) is 4.98 Å². The Labute approximate surface area is 85.1 Å². The molecule has 1 aromatic heterocycles. The number of nitrogens with zero attached hydrogens (tertiary/aromatic N) is 1. The maximum Gasteiger partial charge on any atom is 0.220 e. The summed E-state index contributed by atoms with van der Waals surface area (Å²) in [6.45, 7) is 0. The smallest absolute Gasteiger partial charge is 0.220 e. The summed E-state index contributed by atoms with van der Waals surface area (Å²) < 4.78 is -1.69. The van der Waals surface area contributed by atoms with Crippen LogP contribution in [-0.4, -0.2) is 13.9 Å². The Morgan fingerprint density at radius 1 is 1.25 bits per heavy atom. The summed E-state index contributed by atoms with van der Waals surface area (Å²) in [7, 11) is 0. The van der Waals surface area contributed by atoms with Crippen molar-refractivity contribution in [2.45, 2.75) is 9.90 Å². The summed E-state index contributed by atoms with van der Waals surface area (Å²) in [6, 6.07) is 3.18. The quantitative estimate of drug-likeness (QED) is 0.746. The minimum Gasteiger partial charge on any atom is -0.384 e. The van der Waals surface area contributed by atoms with Crippen molar-refractivity contribution in [2.24, 2.45) is 0 Å². The first-order valence-corrected chi connectivity index (χ1v) is 4.30. The van der Waals surface area contributed by atoms with Crippen molar-refractivity contribution in [3.63, 3.8) is 0 Å². The number of aliphatic hydroxyl groups excluding tert-OH is 1. The van der Waals surface area contributed by atoms with Gasteiger partial charge in [0.1, 0.15) is 6.10 Å². The molecule has 0 bridgehead atoms. The second-order valence-electron chi connectivity index (χ2n) is 2.22. The molecular formula is C7H6Cl3NO. The Morgan fingerprint density at radius 3 is 2.17 bits per heavy atom. The highest BCUT2D eigenvalue weighted by Gasteiger charge is 2.31. The molecule has 66 valence electrons. The zero-order chi connectivity index (χ0) is 9.19. The van der Waals surface area contributed by atoms with E-state index in [4.69, 9.17) is 34.8 Å². The fourth-order valence-electron chi connectivity index (χ4n) is 0.735. The Bertz CT molecular complexity index is 247. The van der Waals surface area contributed by atoms with Gasteiger partial charge in [0.05, 0.1) is 0 Å². The van der Waals surface area contributed by atoms with E-state index in [2.05, 4.69) is 4.98 Å². The van der Waals surface area contributed by atoms with Gasteiger partial charge in [-0.1, -0.05) is 34.8 Å². The standard InChI is InChI=1S/C7H6Cl3NO/c8-7(9,10)6(12)5-1-3-11-4-2-5/h1-4,6,12H. The van der Waals surface area contributed by atoms with Gasteiger partial charge in [0.15, 0.2) is 0 Å². The molecule has 1 atom stereocenters. The SMILES string of the molecule is OC(c1ccncc1)C(Cl)(Cl)Cl. The molecule has 0 radical (unpaired) electrons. The third-order valence-corrected chi connectivity index (χ3v) is 1.95. The van der Waals surface area contributed by atoms with Crippen LogP contribution in [0.1, 0.15) is 11.7 Å².